The molecule has 0 aromatic heterocycles. The van der Waals surface area contributed by atoms with Gasteiger partial charge in [0.05, 0.1) is 6.54 Å². The van der Waals surface area contributed by atoms with Gasteiger partial charge in [0.25, 0.3) is 5.91 Å². The second-order valence-electron chi connectivity index (χ2n) is 6.31. The molecule has 140 valence electrons. The molecule has 5 heteroatoms. The first kappa shape index (κ1) is 20.1. The Hall–Kier alpha value is -2.20. The Bertz CT molecular complexity index is 761. The van der Waals surface area contributed by atoms with E-state index in [4.69, 9.17) is 21.1 Å². The number of aryl methyl sites for hydroxylation is 3. The molecule has 1 N–H and O–H groups in total. The van der Waals surface area contributed by atoms with Crippen LogP contribution in [0.2, 0.25) is 5.02 Å². The van der Waals surface area contributed by atoms with E-state index >= 15 is 0 Å². The van der Waals surface area contributed by atoms with Crippen LogP contribution in [0.25, 0.3) is 0 Å². The average molecular weight is 376 g/mol. The number of halogens is 1. The summed E-state index contributed by atoms with van der Waals surface area (Å²) >= 11 is 6.07. The van der Waals surface area contributed by atoms with Crippen molar-refractivity contribution < 1.29 is 14.3 Å². The van der Waals surface area contributed by atoms with Gasteiger partial charge in [0.1, 0.15) is 18.1 Å². The summed E-state index contributed by atoms with van der Waals surface area (Å²) in [5.41, 5.74) is 3.34. The molecule has 0 heterocycles. The molecule has 0 aliphatic rings. The Morgan fingerprint density at radius 3 is 2.38 bits per heavy atom. The van der Waals surface area contributed by atoms with Gasteiger partial charge in [-0.1, -0.05) is 30.7 Å². The lowest BCUT2D eigenvalue weighted by molar-refractivity contribution is -0.128. The third kappa shape index (κ3) is 5.67. The Labute approximate surface area is 160 Å². The fourth-order valence-electron chi connectivity index (χ4n) is 2.39. The molecule has 1 amide bonds. The van der Waals surface area contributed by atoms with Crippen LogP contribution in [-0.4, -0.2) is 25.2 Å². The largest absolute Gasteiger partial charge is 0.492 e. The van der Waals surface area contributed by atoms with Crippen LogP contribution in [0.1, 0.15) is 30.0 Å². The van der Waals surface area contributed by atoms with Gasteiger partial charge in [0.2, 0.25) is 0 Å². The van der Waals surface area contributed by atoms with Crippen molar-refractivity contribution in [3.05, 3.63) is 58.1 Å². The maximum atomic E-state index is 12.3. The van der Waals surface area contributed by atoms with Crippen molar-refractivity contribution in [3.8, 4) is 11.5 Å². The summed E-state index contributed by atoms with van der Waals surface area (Å²) in [4.78, 5) is 12.3. The molecule has 26 heavy (non-hydrogen) atoms. The molecule has 1 atom stereocenters. The molecule has 0 saturated heterocycles. The highest BCUT2D eigenvalue weighted by molar-refractivity contribution is 6.31. The lowest BCUT2D eigenvalue weighted by Gasteiger charge is -2.18. The van der Waals surface area contributed by atoms with Gasteiger partial charge in [-0.05, 0) is 68.1 Å². The summed E-state index contributed by atoms with van der Waals surface area (Å²) in [7, 11) is 0. The van der Waals surface area contributed by atoms with E-state index < -0.39 is 6.10 Å². The minimum Gasteiger partial charge on any atom is -0.492 e. The number of rotatable bonds is 8. The third-order valence-corrected chi connectivity index (χ3v) is 4.64. The van der Waals surface area contributed by atoms with E-state index in [1.807, 2.05) is 58.0 Å². The highest BCUT2D eigenvalue weighted by Crippen LogP contribution is 2.21. The molecule has 0 unspecified atom stereocenters. The smallest absolute Gasteiger partial charge is 0.261 e. The number of ether oxygens (including phenoxy) is 2. The predicted octanol–water partition coefficient (Wildman–Crippen LogP) is 4.62. The fraction of sp³-hybridized carbons (Fsp3) is 0.381. The highest BCUT2D eigenvalue weighted by Gasteiger charge is 2.18. The lowest BCUT2D eigenvalue weighted by atomic mass is 10.1. The predicted molar refractivity (Wildman–Crippen MR) is 105 cm³/mol. The Morgan fingerprint density at radius 2 is 1.73 bits per heavy atom. The summed E-state index contributed by atoms with van der Waals surface area (Å²) in [6.07, 6.45) is 0.0682. The number of carbonyl (C=O) groups is 1. The van der Waals surface area contributed by atoms with E-state index in [9.17, 15) is 4.79 Å². The molecule has 0 bridgehead atoms. The molecule has 2 rings (SSSR count). The molecular formula is C21H26ClNO3. The van der Waals surface area contributed by atoms with Crippen LogP contribution in [0.15, 0.2) is 36.4 Å². The van der Waals surface area contributed by atoms with Crippen LogP contribution >= 0.6 is 11.6 Å². The van der Waals surface area contributed by atoms with Crippen LogP contribution < -0.4 is 14.8 Å². The zero-order chi connectivity index (χ0) is 19.1. The Balaban J connectivity index is 1.81. The summed E-state index contributed by atoms with van der Waals surface area (Å²) in [6.45, 7) is 8.70. The van der Waals surface area contributed by atoms with Crippen molar-refractivity contribution in [2.24, 2.45) is 0 Å². The maximum absolute atomic E-state index is 12.3. The third-order valence-electron chi connectivity index (χ3n) is 4.23. The van der Waals surface area contributed by atoms with Gasteiger partial charge in [0.15, 0.2) is 6.10 Å². The van der Waals surface area contributed by atoms with Crippen molar-refractivity contribution in [2.45, 2.75) is 40.2 Å². The monoisotopic (exact) mass is 375 g/mol. The van der Waals surface area contributed by atoms with Gasteiger partial charge < -0.3 is 14.8 Å². The number of nitrogens with one attached hydrogen (secondary N) is 1. The van der Waals surface area contributed by atoms with Crippen molar-refractivity contribution in [3.63, 3.8) is 0 Å². The fourth-order valence-corrected chi connectivity index (χ4v) is 2.56. The van der Waals surface area contributed by atoms with Crippen LogP contribution in [-0.2, 0) is 4.79 Å². The summed E-state index contributed by atoms with van der Waals surface area (Å²) in [5, 5.41) is 3.52. The van der Waals surface area contributed by atoms with Crippen LogP contribution in [0.5, 0.6) is 11.5 Å². The second kappa shape index (κ2) is 9.48. The molecule has 0 radical (unpaired) electrons. The molecule has 0 fully saturated rings. The van der Waals surface area contributed by atoms with E-state index in [2.05, 4.69) is 5.32 Å². The van der Waals surface area contributed by atoms with E-state index in [0.717, 1.165) is 11.1 Å². The van der Waals surface area contributed by atoms with Crippen molar-refractivity contribution in [1.29, 1.82) is 0 Å². The highest BCUT2D eigenvalue weighted by atomic mass is 35.5. The van der Waals surface area contributed by atoms with E-state index in [1.165, 1.54) is 5.56 Å². The molecule has 0 spiro atoms. The molecule has 0 aliphatic carbocycles. The summed E-state index contributed by atoms with van der Waals surface area (Å²) in [6, 6.07) is 11.4. The first-order valence-electron chi connectivity index (χ1n) is 8.81. The van der Waals surface area contributed by atoms with Crippen molar-refractivity contribution in [1.82, 2.24) is 5.32 Å². The number of benzene rings is 2. The van der Waals surface area contributed by atoms with Gasteiger partial charge in [-0.25, -0.2) is 0 Å². The Morgan fingerprint density at radius 1 is 1.04 bits per heavy atom. The topological polar surface area (TPSA) is 47.6 Å². The number of hydrogen-bond donors (Lipinski definition) is 1. The normalized spacial score (nSPS) is 11.7. The van der Waals surface area contributed by atoms with Gasteiger partial charge in [-0.2, -0.15) is 0 Å². The maximum Gasteiger partial charge on any atom is 0.261 e. The van der Waals surface area contributed by atoms with Gasteiger partial charge in [0, 0.05) is 5.02 Å². The molecule has 2 aromatic carbocycles. The first-order valence-corrected chi connectivity index (χ1v) is 9.19. The average Bonchev–Trinajstić information content (AvgIpc) is 2.62. The quantitative estimate of drug-likeness (QED) is 0.685. The van der Waals surface area contributed by atoms with Gasteiger partial charge in [-0.3, -0.25) is 4.79 Å². The standard InChI is InChI=1S/C21H26ClNO3/c1-5-20(26-18-9-6-14(2)16(4)12-18)21(24)23-10-11-25-17-8-7-15(3)19(22)13-17/h6-9,12-13,20H,5,10-11H2,1-4H3,(H,23,24)/t20-/m0/s1. The van der Waals surface area contributed by atoms with E-state index in [1.54, 1.807) is 6.07 Å². The number of amides is 1. The molecule has 4 nitrogen and oxygen atoms in total. The molecule has 0 aliphatic heterocycles. The van der Waals surface area contributed by atoms with Gasteiger partial charge in [-0.15, -0.1) is 0 Å². The second-order valence-corrected chi connectivity index (χ2v) is 6.72. The first-order chi connectivity index (χ1) is 12.4. The summed E-state index contributed by atoms with van der Waals surface area (Å²) < 4.78 is 11.4. The number of carbonyl (C=O) groups excluding carboxylic acids is 1. The van der Waals surface area contributed by atoms with Crippen LogP contribution in [0.4, 0.5) is 0 Å². The Kier molecular flexibility index (Phi) is 7.34. The lowest BCUT2D eigenvalue weighted by Crippen LogP contribution is -2.39. The summed E-state index contributed by atoms with van der Waals surface area (Å²) in [5.74, 6) is 1.25. The van der Waals surface area contributed by atoms with E-state index in [-0.39, 0.29) is 5.91 Å². The van der Waals surface area contributed by atoms with Crippen molar-refractivity contribution >= 4 is 17.5 Å². The van der Waals surface area contributed by atoms with Crippen LogP contribution in [0, 0.1) is 20.8 Å². The van der Waals surface area contributed by atoms with Crippen molar-refractivity contribution in [2.75, 3.05) is 13.2 Å². The minimum absolute atomic E-state index is 0.142. The van der Waals surface area contributed by atoms with E-state index in [0.29, 0.717) is 36.1 Å². The van der Waals surface area contributed by atoms with Gasteiger partial charge >= 0.3 is 0 Å². The zero-order valence-corrected chi connectivity index (χ0v) is 16.5. The molecule has 0 saturated carbocycles. The number of hydrogen-bond acceptors (Lipinski definition) is 3. The molecular weight excluding hydrogens is 350 g/mol. The van der Waals surface area contributed by atoms with Crippen LogP contribution in [0.3, 0.4) is 0 Å². The minimum atomic E-state index is -0.522. The SMILES string of the molecule is CC[C@H](Oc1ccc(C)c(C)c1)C(=O)NCCOc1ccc(C)c(Cl)c1. The zero-order valence-electron chi connectivity index (χ0n) is 15.8. The molecule has 2 aromatic rings.